The van der Waals surface area contributed by atoms with E-state index in [4.69, 9.17) is 4.74 Å². The molecule has 1 saturated carbocycles. The molecule has 0 aromatic carbocycles. The predicted octanol–water partition coefficient (Wildman–Crippen LogP) is 2.52. The number of hydrogen-bond donors (Lipinski definition) is 2. The van der Waals surface area contributed by atoms with Crippen LogP contribution in [0.15, 0.2) is 18.3 Å². The molecular formula is C23H29N7O3. The van der Waals surface area contributed by atoms with Gasteiger partial charge < -0.3 is 14.7 Å². The molecule has 0 amide bonds. The minimum atomic E-state index is -0.206. The number of nitrogens with zero attached hydrogens (tertiary/aromatic N) is 6. The highest BCUT2D eigenvalue weighted by Crippen LogP contribution is 2.33. The van der Waals surface area contributed by atoms with E-state index in [1.54, 1.807) is 6.20 Å². The lowest BCUT2D eigenvalue weighted by Gasteiger charge is -2.31. The van der Waals surface area contributed by atoms with Gasteiger partial charge in [0.05, 0.1) is 6.61 Å². The Balaban J connectivity index is 1.32. The number of ketones is 1. The number of aromatic amines is 1. The third-order valence-electron chi connectivity index (χ3n) is 6.39. The SMILES string of the molecule is C[C@H](CO)CC(=O)c1nc(OCC2CC2)nc(N2CCC(c3[nH]nc4ncccc34)CC2)n1. The number of anilines is 1. The van der Waals surface area contributed by atoms with Crippen LogP contribution in [-0.2, 0) is 0 Å². The molecule has 5 rings (SSSR count). The first-order valence-electron chi connectivity index (χ1n) is 11.7. The molecule has 1 aliphatic heterocycles. The van der Waals surface area contributed by atoms with Gasteiger partial charge in [0.1, 0.15) is 0 Å². The van der Waals surface area contributed by atoms with Crippen LogP contribution >= 0.6 is 0 Å². The van der Waals surface area contributed by atoms with Crippen LogP contribution in [0.2, 0.25) is 0 Å². The Morgan fingerprint density at radius 2 is 2.06 bits per heavy atom. The molecule has 0 unspecified atom stereocenters. The van der Waals surface area contributed by atoms with Gasteiger partial charge in [0, 0.05) is 49.3 Å². The molecule has 10 nitrogen and oxygen atoms in total. The maximum absolute atomic E-state index is 12.7. The predicted molar refractivity (Wildman–Crippen MR) is 121 cm³/mol. The standard InChI is InChI=1S/C23H29N7O3/c1-14(12-31)11-18(32)21-25-22(27-23(26-21)33-13-15-4-5-15)30-9-6-16(7-10-30)19-17-3-2-8-24-20(17)29-28-19/h2-3,8,14-16,31H,4-7,9-13H2,1H3,(H,24,28,29)/t14-/m0/s1. The van der Waals surface area contributed by atoms with Crippen molar-refractivity contribution in [2.75, 3.05) is 31.2 Å². The summed E-state index contributed by atoms with van der Waals surface area (Å²) in [4.78, 5) is 32.4. The number of ether oxygens (including phenoxy) is 1. The maximum atomic E-state index is 12.7. The molecule has 10 heteroatoms. The molecule has 2 aliphatic rings. The molecule has 3 aromatic heterocycles. The second kappa shape index (κ2) is 9.38. The van der Waals surface area contributed by atoms with Crippen molar-refractivity contribution in [3.05, 3.63) is 29.8 Å². The number of hydrogen-bond acceptors (Lipinski definition) is 9. The molecule has 1 aliphatic carbocycles. The van der Waals surface area contributed by atoms with Gasteiger partial charge in [0.2, 0.25) is 17.6 Å². The molecule has 1 atom stereocenters. The normalized spacial score (nSPS) is 17.9. The van der Waals surface area contributed by atoms with Crippen LogP contribution in [0, 0.1) is 11.8 Å². The molecule has 2 fully saturated rings. The number of H-pyrrole nitrogens is 1. The quantitative estimate of drug-likeness (QED) is 0.471. The number of carbonyl (C=O) groups is 1. The molecular weight excluding hydrogens is 422 g/mol. The van der Waals surface area contributed by atoms with Crippen molar-refractivity contribution in [2.45, 2.75) is 44.9 Å². The molecule has 2 N–H and O–H groups in total. The van der Waals surface area contributed by atoms with Crippen LogP contribution in [0.4, 0.5) is 5.95 Å². The average Bonchev–Trinajstić information content (AvgIpc) is 3.59. The Bertz CT molecular complexity index is 1120. The monoisotopic (exact) mass is 451 g/mol. The molecule has 174 valence electrons. The molecule has 4 heterocycles. The van der Waals surface area contributed by atoms with E-state index in [9.17, 15) is 9.90 Å². The summed E-state index contributed by atoms with van der Waals surface area (Å²) in [7, 11) is 0. The number of carbonyl (C=O) groups excluding carboxylic acids is 1. The first kappa shape index (κ1) is 21.7. The lowest BCUT2D eigenvalue weighted by molar-refractivity contribution is 0.0931. The fourth-order valence-corrected chi connectivity index (χ4v) is 4.17. The topological polar surface area (TPSA) is 130 Å². The van der Waals surface area contributed by atoms with Gasteiger partial charge in [0.25, 0.3) is 0 Å². The summed E-state index contributed by atoms with van der Waals surface area (Å²) < 4.78 is 5.80. The van der Waals surface area contributed by atoms with Crippen LogP contribution in [0.5, 0.6) is 6.01 Å². The van der Waals surface area contributed by atoms with Crippen molar-refractivity contribution in [1.29, 1.82) is 0 Å². The van der Waals surface area contributed by atoms with Crippen molar-refractivity contribution in [3.63, 3.8) is 0 Å². The largest absolute Gasteiger partial charge is 0.463 e. The number of piperidine rings is 1. The van der Waals surface area contributed by atoms with Gasteiger partial charge >= 0.3 is 6.01 Å². The highest BCUT2D eigenvalue weighted by atomic mass is 16.5. The molecule has 0 radical (unpaired) electrons. The second-order valence-electron chi connectivity index (χ2n) is 9.18. The Kier molecular flexibility index (Phi) is 6.17. The zero-order chi connectivity index (χ0) is 22.8. The van der Waals surface area contributed by atoms with Gasteiger partial charge in [0.15, 0.2) is 5.65 Å². The van der Waals surface area contributed by atoms with Crippen molar-refractivity contribution < 1.29 is 14.6 Å². The van der Waals surface area contributed by atoms with Crippen LogP contribution in [0.25, 0.3) is 11.0 Å². The summed E-state index contributed by atoms with van der Waals surface area (Å²) in [6.07, 6.45) is 6.05. The third kappa shape index (κ3) is 4.95. The molecule has 33 heavy (non-hydrogen) atoms. The van der Waals surface area contributed by atoms with Gasteiger partial charge in [-0.3, -0.25) is 9.89 Å². The van der Waals surface area contributed by atoms with Crippen LogP contribution in [0.3, 0.4) is 0 Å². The van der Waals surface area contributed by atoms with Gasteiger partial charge in [-0.2, -0.15) is 20.1 Å². The van der Waals surface area contributed by atoms with Gasteiger partial charge in [-0.05, 0) is 49.7 Å². The molecule has 0 spiro atoms. The van der Waals surface area contributed by atoms with E-state index < -0.39 is 0 Å². The van der Waals surface area contributed by atoms with Crippen molar-refractivity contribution in [2.24, 2.45) is 11.8 Å². The van der Waals surface area contributed by atoms with Gasteiger partial charge in [-0.25, -0.2) is 4.98 Å². The van der Waals surface area contributed by atoms with Crippen molar-refractivity contribution in [3.8, 4) is 6.01 Å². The summed E-state index contributed by atoms with van der Waals surface area (Å²) in [5.41, 5.74) is 1.86. The molecule has 1 saturated heterocycles. The number of rotatable bonds is 9. The van der Waals surface area contributed by atoms with E-state index in [2.05, 4.69) is 35.0 Å². The number of aliphatic hydroxyl groups excluding tert-OH is 1. The summed E-state index contributed by atoms with van der Waals surface area (Å²) in [5, 5.41) is 17.9. The summed E-state index contributed by atoms with van der Waals surface area (Å²) in [6.45, 7) is 3.83. The van der Waals surface area contributed by atoms with E-state index in [1.807, 2.05) is 19.1 Å². The van der Waals surface area contributed by atoms with E-state index in [0.717, 1.165) is 55.5 Å². The first-order valence-corrected chi connectivity index (χ1v) is 11.7. The number of nitrogens with one attached hydrogen (secondary N) is 1. The number of Topliss-reactive ketones (excluding diaryl/α,β-unsaturated/α-hetero) is 1. The minimum Gasteiger partial charge on any atom is -0.463 e. The van der Waals surface area contributed by atoms with E-state index in [1.165, 1.54) is 0 Å². The summed E-state index contributed by atoms with van der Waals surface area (Å²) in [5.74, 6) is 1.12. The average molecular weight is 452 g/mol. The Morgan fingerprint density at radius 3 is 2.82 bits per heavy atom. The number of pyridine rings is 1. The Morgan fingerprint density at radius 1 is 1.24 bits per heavy atom. The van der Waals surface area contributed by atoms with Crippen molar-refractivity contribution in [1.82, 2.24) is 30.1 Å². The number of fused-ring (bicyclic) bond motifs is 1. The van der Waals surface area contributed by atoms with Gasteiger partial charge in [-0.15, -0.1) is 0 Å². The van der Waals surface area contributed by atoms with E-state index >= 15 is 0 Å². The zero-order valence-electron chi connectivity index (χ0n) is 18.8. The van der Waals surface area contributed by atoms with Crippen LogP contribution in [-0.4, -0.2) is 67.3 Å². The number of aliphatic hydroxyl groups is 1. The smallest absolute Gasteiger partial charge is 0.321 e. The van der Waals surface area contributed by atoms with Gasteiger partial charge in [-0.1, -0.05) is 6.92 Å². The number of aromatic nitrogens is 6. The lowest BCUT2D eigenvalue weighted by Crippen LogP contribution is -2.35. The Hall–Kier alpha value is -3.14. The highest BCUT2D eigenvalue weighted by Gasteiger charge is 2.28. The van der Waals surface area contributed by atoms with Crippen molar-refractivity contribution >= 4 is 22.8 Å². The highest BCUT2D eigenvalue weighted by molar-refractivity contribution is 5.92. The van der Waals surface area contributed by atoms with Crippen LogP contribution in [0.1, 0.15) is 61.3 Å². The second-order valence-corrected chi connectivity index (χ2v) is 9.18. The maximum Gasteiger partial charge on any atom is 0.321 e. The van der Waals surface area contributed by atoms with E-state index in [0.29, 0.717) is 24.4 Å². The summed E-state index contributed by atoms with van der Waals surface area (Å²) >= 11 is 0. The fourth-order valence-electron chi connectivity index (χ4n) is 4.17. The lowest BCUT2D eigenvalue weighted by atomic mass is 9.92. The fraction of sp³-hybridized carbons (Fsp3) is 0.565. The van der Waals surface area contributed by atoms with E-state index in [-0.39, 0.29) is 36.6 Å². The Labute approximate surface area is 191 Å². The molecule has 3 aromatic rings. The van der Waals surface area contributed by atoms with Crippen LogP contribution < -0.4 is 9.64 Å². The third-order valence-corrected chi connectivity index (χ3v) is 6.39. The zero-order valence-corrected chi connectivity index (χ0v) is 18.8. The minimum absolute atomic E-state index is 0.0555. The molecule has 0 bridgehead atoms. The first-order chi connectivity index (χ1) is 16.1. The summed E-state index contributed by atoms with van der Waals surface area (Å²) in [6, 6.07) is 4.19.